The predicted octanol–water partition coefficient (Wildman–Crippen LogP) is 4.09. The summed E-state index contributed by atoms with van der Waals surface area (Å²) in [7, 11) is 0. The van der Waals surface area contributed by atoms with Gasteiger partial charge in [0.2, 0.25) is 0 Å². The topological polar surface area (TPSA) is 64.6 Å². The summed E-state index contributed by atoms with van der Waals surface area (Å²) < 4.78 is 0. The van der Waals surface area contributed by atoms with Crippen LogP contribution in [-0.2, 0) is 4.79 Å². The van der Waals surface area contributed by atoms with Crippen molar-refractivity contribution in [2.24, 2.45) is 0 Å². The number of nitrogens with one attached hydrogen (secondary N) is 2. The van der Waals surface area contributed by atoms with Gasteiger partial charge in [-0.3, -0.25) is 10.2 Å². The minimum absolute atomic E-state index is 0.0781. The monoisotopic (exact) mass is 411 g/mol. The number of carbonyl (C=O) groups excluding carboxylic acids is 1. The molecule has 1 unspecified atom stereocenters. The van der Waals surface area contributed by atoms with E-state index in [1.807, 2.05) is 55.6 Å². The van der Waals surface area contributed by atoms with Gasteiger partial charge in [0.05, 0.1) is 11.7 Å². The molecule has 2 aliphatic heterocycles. The van der Waals surface area contributed by atoms with Gasteiger partial charge in [-0.1, -0.05) is 66.7 Å². The Kier molecular flexibility index (Phi) is 4.96. The van der Waals surface area contributed by atoms with Crippen LogP contribution < -0.4 is 10.7 Å². The summed E-state index contributed by atoms with van der Waals surface area (Å²) >= 11 is 0. The number of aliphatic hydroxyl groups is 1. The van der Waals surface area contributed by atoms with Crippen LogP contribution >= 0.6 is 0 Å². The third kappa shape index (κ3) is 3.47. The van der Waals surface area contributed by atoms with Crippen LogP contribution in [0.1, 0.15) is 37.3 Å². The second-order valence-corrected chi connectivity index (χ2v) is 8.07. The summed E-state index contributed by atoms with van der Waals surface area (Å²) in [6, 6.07) is 20.3. The van der Waals surface area contributed by atoms with Crippen molar-refractivity contribution in [2.45, 2.75) is 32.3 Å². The number of carbonyl (C=O) groups is 1. The molecule has 0 aromatic heterocycles. The van der Waals surface area contributed by atoms with Gasteiger partial charge in [0.1, 0.15) is 5.82 Å². The van der Waals surface area contributed by atoms with E-state index in [0.717, 1.165) is 39.4 Å². The smallest absolute Gasteiger partial charge is 0.280 e. The Morgan fingerprint density at radius 3 is 2.29 bits per heavy atom. The maximum atomic E-state index is 13.6. The molecule has 0 saturated heterocycles. The van der Waals surface area contributed by atoms with Gasteiger partial charge in [0, 0.05) is 23.0 Å². The Bertz CT molecular complexity index is 1140. The lowest BCUT2D eigenvalue weighted by molar-refractivity contribution is -0.127. The first-order chi connectivity index (χ1) is 15.1. The zero-order valence-electron chi connectivity index (χ0n) is 17.4. The first kappa shape index (κ1) is 19.4. The molecule has 0 fully saturated rings. The zero-order chi connectivity index (χ0) is 21.4. The van der Waals surface area contributed by atoms with Crippen LogP contribution in [0.15, 0.2) is 95.6 Å². The molecule has 3 N–H and O–H groups in total. The number of nitrogens with zero attached hydrogens (tertiary/aromatic N) is 1. The van der Waals surface area contributed by atoms with E-state index in [2.05, 4.69) is 35.0 Å². The number of fused-ring (bicyclic) bond motifs is 1. The summed E-state index contributed by atoms with van der Waals surface area (Å²) in [5.74, 6) is 0.654. The summed E-state index contributed by atoms with van der Waals surface area (Å²) in [5, 5.41) is 15.0. The SMILES string of the molecule is CC1=C(C2=CCC(O)CC2)C(=O)N2NC=C(c3ccccc3)C(c3ccccc3)=C2N1. The fourth-order valence-electron chi connectivity index (χ4n) is 4.46. The van der Waals surface area contributed by atoms with Gasteiger partial charge in [0.15, 0.2) is 0 Å². The summed E-state index contributed by atoms with van der Waals surface area (Å²) in [5.41, 5.74) is 9.85. The first-order valence-electron chi connectivity index (χ1n) is 10.6. The average molecular weight is 412 g/mol. The van der Waals surface area contributed by atoms with Crippen molar-refractivity contribution in [3.05, 3.63) is 107 Å². The lowest BCUT2D eigenvalue weighted by Crippen LogP contribution is -2.50. The lowest BCUT2D eigenvalue weighted by Gasteiger charge is -2.38. The maximum absolute atomic E-state index is 13.6. The highest BCUT2D eigenvalue weighted by atomic mass is 16.3. The van der Waals surface area contributed by atoms with Gasteiger partial charge in [0.25, 0.3) is 5.91 Å². The molecule has 3 aliphatic rings. The summed E-state index contributed by atoms with van der Waals surface area (Å²) in [4.78, 5) is 13.6. The Hall–Kier alpha value is -3.57. The molecule has 31 heavy (non-hydrogen) atoms. The van der Waals surface area contributed by atoms with Crippen LogP contribution in [-0.4, -0.2) is 22.1 Å². The number of amides is 1. The van der Waals surface area contributed by atoms with Gasteiger partial charge >= 0.3 is 0 Å². The highest BCUT2D eigenvalue weighted by Gasteiger charge is 2.36. The van der Waals surface area contributed by atoms with Crippen LogP contribution in [0.5, 0.6) is 0 Å². The lowest BCUT2D eigenvalue weighted by atomic mass is 9.88. The standard InChI is InChI=1S/C26H25N3O2/c1-17-23(20-12-14-21(30)15-13-20)26(31)29-25(28-17)24(19-10-6-3-7-11-19)22(16-27-29)18-8-4-2-5-9-18/h2-12,16,21,27-28,30H,13-15H2,1H3. The molecular formula is C26H25N3O2. The largest absolute Gasteiger partial charge is 0.393 e. The number of benzene rings is 2. The van der Waals surface area contributed by atoms with Crippen molar-refractivity contribution < 1.29 is 9.90 Å². The Morgan fingerprint density at radius 2 is 1.65 bits per heavy atom. The molecule has 1 atom stereocenters. The van der Waals surface area contributed by atoms with Crippen molar-refractivity contribution in [2.75, 3.05) is 0 Å². The van der Waals surface area contributed by atoms with Gasteiger partial charge in [-0.05, 0) is 42.9 Å². The van der Waals surface area contributed by atoms with Crippen LogP contribution in [0.4, 0.5) is 0 Å². The fourth-order valence-corrected chi connectivity index (χ4v) is 4.46. The number of hydrogen-bond acceptors (Lipinski definition) is 4. The predicted molar refractivity (Wildman–Crippen MR) is 122 cm³/mol. The fraction of sp³-hybridized carbons (Fsp3) is 0.192. The Labute approximate surface area is 182 Å². The van der Waals surface area contributed by atoms with E-state index in [1.165, 1.54) is 0 Å². The molecular weight excluding hydrogens is 386 g/mol. The third-order valence-electron chi connectivity index (χ3n) is 6.02. The van der Waals surface area contributed by atoms with Crippen molar-refractivity contribution in [1.29, 1.82) is 0 Å². The molecule has 1 aliphatic carbocycles. The summed E-state index contributed by atoms with van der Waals surface area (Å²) in [6.07, 6.45) is 5.54. The molecule has 5 heteroatoms. The van der Waals surface area contributed by atoms with E-state index < -0.39 is 0 Å². The van der Waals surface area contributed by atoms with Gasteiger partial charge < -0.3 is 10.4 Å². The number of hydrogen-bond donors (Lipinski definition) is 3. The number of allylic oxidation sites excluding steroid dienone is 3. The molecule has 1 amide bonds. The zero-order valence-corrected chi connectivity index (χ0v) is 17.4. The van der Waals surface area contributed by atoms with Gasteiger partial charge in [-0.25, -0.2) is 5.01 Å². The second-order valence-electron chi connectivity index (χ2n) is 8.07. The summed E-state index contributed by atoms with van der Waals surface area (Å²) in [6.45, 7) is 1.95. The first-order valence-corrected chi connectivity index (χ1v) is 10.6. The van der Waals surface area contributed by atoms with E-state index in [0.29, 0.717) is 24.8 Å². The molecule has 5 nitrogen and oxygen atoms in total. The molecule has 0 saturated carbocycles. The highest BCUT2D eigenvalue weighted by Crippen LogP contribution is 2.39. The molecule has 0 radical (unpaired) electrons. The van der Waals surface area contributed by atoms with Gasteiger partial charge in [-0.15, -0.1) is 0 Å². The Morgan fingerprint density at radius 1 is 0.968 bits per heavy atom. The van der Waals surface area contributed by atoms with E-state index in [1.54, 1.807) is 5.01 Å². The van der Waals surface area contributed by atoms with Crippen LogP contribution in [0.2, 0.25) is 0 Å². The molecule has 0 bridgehead atoms. The van der Waals surface area contributed by atoms with Crippen LogP contribution in [0, 0.1) is 0 Å². The van der Waals surface area contributed by atoms with Crippen molar-refractivity contribution >= 4 is 17.1 Å². The van der Waals surface area contributed by atoms with Crippen molar-refractivity contribution in [3.8, 4) is 0 Å². The van der Waals surface area contributed by atoms with Crippen molar-refractivity contribution in [1.82, 2.24) is 15.8 Å². The van der Waals surface area contributed by atoms with Crippen LogP contribution in [0.3, 0.4) is 0 Å². The molecule has 2 aromatic carbocycles. The number of aliphatic hydroxyl groups excluding tert-OH is 1. The molecule has 2 heterocycles. The number of rotatable bonds is 3. The Balaban J connectivity index is 1.64. The third-order valence-corrected chi connectivity index (χ3v) is 6.02. The molecule has 5 rings (SSSR count). The minimum Gasteiger partial charge on any atom is -0.393 e. The normalized spacial score (nSPS) is 21.2. The second kappa shape index (κ2) is 7.93. The minimum atomic E-state index is -0.319. The van der Waals surface area contributed by atoms with Crippen molar-refractivity contribution in [3.63, 3.8) is 0 Å². The van der Waals surface area contributed by atoms with E-state index >= 15 is 0 Å². The van der Waals surface area contributed by atoms with E-state index in [-0.39, 0.29) is 12.0 Å². The molecule has 2 aromatic rings. The molecule has 156 valence electrons. The molecule has 0 spiro atoms. The van der Waals surface area contributed by atoms with E-state index in [4.69, 9.17) is 0 Å². The van der Waals surface area contributed by atoms with Gasteiger partial charge in [-0.2, -0.15) is 0 Å². The highest BCUT2D eigenvalue weighted by molar-refractivity contribution is 6.10. The van der Waals surface area contributed by atoms with Crippen LogP contribution in [0.25, 0.3) is 11.1 Å². The maximum Gasteiger partial charge on any atom is 0.280 e. The average Bonchev–Trinajstić information content (AvgIpc) is 2.81. The quantitative estimate of drug-likeness (QED) is 0.712. The van der Waals surface area contributed by atoms with E-state index in [9.17, 15) is 9.90 Å². The number of hydrazine groups is 1.